The molecule has 2 aromatic heterocycles. The maximum Gasteiger partial charge on any atom is 0.251 e. The third-order valence-electron chi connectivity index (χ3n) is 4.72. The summed E-state index contributed by atoms with van der Waals surface area (Å²) in [7, 11) is 0. The average molecular weight is 339 g/mol. The highest BCUT2D eigenvalue weighted by Gasteiger charge is 2.21. The largest absolute Gasteiger partial charge is 0.343 e. The smallest absolute Gasteiger partial charge is 0.251 e. The predicted molar refractivity (Wildman–Crippen MR) is 92.1 cm³/mol. The molecular weight excluding hydrogens is 318 g/mol. The van der Waals surface area contributed by atoms with Crippen molar-refractivity contribution >= 4 is 16.9 Å². The number of rotatable bonds is 4. The van der Waals surface area contributed by atoms with Crippen LogP contribution in [0.1, 0.15) is 65.9 Å². The highest BCUT2D eigenvalue weighted by Crippen LogP contribution is 2.30. The van der Waals surface area contributed by atoms with E-state index in [4.69, 9.17) is 4.52 Å². The molecule has 25 heavy (non-hydrogen) atoms. The molecule has 3 aromatic rings. The number of imidazole rings is 1. The lowest BCUT2D eigenvalue weighted by molar-refractivity contribution is 0.0946. The fourth-order valence-electron chi connectivity index (χ4n) is 3.40. The van der Waals surface area contributed by atoms with Gasteiger partial charge in [0.1, 0.15) is 5.82 Å². The third kappa shape index (κ3) is 3.40. The molecule has 1 aliphatic carbocycles. The number of benzene rings is 1. The Morgan fingerprint density at radius 1 is 1.28 bits per heavy atom. The lowest BCUT2D eigenvalue weighted by Gasteiger charge is -2.17. The number of aromatic nitrogens is 4. The molecule has 1 amide bonds. The van der Waals surface area contributed by atoms with Crippen LogP contribution in [0, 0.1) is 6.92 Å². The Morgan fingerprint density at radius 3 is 2.96 bits per heavy atom. The van der Waals surface area contributed by atoms with Gasteiger partial charge in [-0.15, -0.1) is 0 Å². The van der Waals surface area contributed by atoms with E-state index in [1.807, 2.05) is 13.0 Å². The first kappa shape index (κ1) is 15.8. The minimum atomic E-state index is -0.174. The van der Waals surface area contributed by atoms with E-state index in [0.717, 1.165) is 35.5 Å². The van der Waals surface area contributed by atoms with Crippen molar-refractivity contribution in [3.63, 3.8) is 0 Å². The molecule has 1 saturated carbocycles. The van der Waals surface area contributed by atoms with Gasteiger partial charge in [-0.05, 0) is 38.0 Å². The summed E-state index contributed by atoms with van der Waals surface area (Å²) in [6.45, 7) is 2.12. The van der Waals surface area contributed by atoms with Crippen LogP contribution in [0.5, 0.6) is 0 Å². The van der Waals surface area contributed by atoms with E-state index in [2.05, 4.69) is 25.4 Å². The van der Waals surface area contributed by atoms with E-state index in [9.17, 15) is 4.79 Å². The van der Waals surface area contributed by atoms with Crippen LogP contribution < -0.4 is 5.32 Å². The van der Waals surface area contributed by atoms with Crippen LogP contribution in [0.2, 0.25) is 0 Å². The highest BCUT2D eigenvalue weighted by atomic mass is 16.5. The minimum Gasteiger partial charge on any atom is -0.343 e. The summed E-state index contributed by atoms with van der Waals surface area (Å²) in [5.74, 6) is 2.28. The maximum atomic E-state index is 12.3. The average Bonchev–Trinajstić information content (AvgIpc) is 3.25. The first-order valence-corrected chi connectivity index (χ1v) is 8.76. The maximum absolute atomic E-state index is 12.3. The van der Waals surface area contributed by atoms with Crippen molar-refractivity contribution in [1.29, 1.82) is 0 Å². The summed E-state index contributed by atoms with van der Waals surface area (Å²) < 4.78 is 5.29. The van der Waals surface area contributed by atoms with E-state index in [-0.39, 0.29) is 12.5 Å². The first-order chi connectivity index (χ1) is 12.2. The molecule has 1 aliphatic rings. The Balaban J connectivity index is 1.40. The van der Waals surface area contributed by atoms with Crippen molar-refractivity contribution in [2.45, 2.75) is 51.5 Å². The van der Waals surface area contributed by atoms with Gasteiger partial charge in [-0.3, -0.25) is 4.79 Å². The van der Waals surface area contributed by atoms with Gasteiger partial charge in [-0.25, -0.2) is 4.98 Å². The van der Waals surface area contributed by atoms with E-state index < -0.39 is 0 Å². The number of carbonyl (C=O) groups excluding carboxylic acids is 1. The summed E-state index contributed by atoms with van der Waals surface area (Å²) in [5, 5.41) is 6.92. The normalized spacial score (nSPS) is 15.6. The van der Waals surface area contributed by atoms with Crippen molar-refractivity contribution in [2.75, 3.05) is 0 Å². The van der Waals surface area contributed by atoms with Crippen LogP contribution in [0.4, 0.5) is 0 Å². The molecule has 7 heteroatoms. The first-order valence-electron chi connectivity index (χ1n) is 8.76. The van der Waals surface area contributed by atoms with Crippen molar-refractivity contribution in [2.24, 2.45) is 0 Å². The molecule has 0 spiro atoms. The van der Waals surface area contributed by atoms with Crippen LogP contribution in [0.15, 0.2) is 22.7 Å². The molecular formula is C18H21N5O2. The van der Waals surface area contributed by atoms with Gasteiger partial charge in [0, 0.05) is 11.5 Å². The molecule has 0 aliphatic heterocycles. The summed E-state index contributed by atoms with van der Waals surface area (Å²) in [4.78, 5) is 24.3. The molecule has 1 aromatic carbocycles. The van der Waals surface area contributed by atoms with Crippen LogP contribution >= 0.6 is 0 Å². The van der Waals surface area contributed by atoms with Crippen molar-refractivity contribution in [3.8, 4) is 0 Å². The number of aryl methyl sites for hydroxylation is 1. The number of nitrogens with one attached hydrogen (secondary N) is 2. The van der Waals surface area contributed by atoms with Gasteiger partial charge in [-0.1, -0.05) is 24.4 Å². The van der Waals surface area contributed by atoms with Gasteiger partial charge in [0.25, 0.3) is 5.91 Å². The van der Waals surface area contributed by atoms with Gasteiger partial charge in [0.05, 0.1) is 17.6 Å². The van der Waals surface area contributed by atoms with Crippen LogP contribution in [0.25, 0.3) is 11.0 Å². The summed E-state index contributed by atoms with van der Waals surface area (Å²) >= 11 is 0. The minimum absolute atomic E-state index is 0.174. The molecule has 2 heterocycles. The van der Waals surface area contributed by atoms with E-state index in [1.54, 1.807) is 12.1 Å². The zero-order valence-corrected chi connectivity index (χ0v) is 14.2. The molecule has 0 unspecified atom stereocenters. The van der Waals surface area contributed by atoms with Gasteiger partial charge < -0.3 is 14.8 Å². The highest BCUT2D eigenvalue weighted by molar-refractivity contribution is 5.97. The van der Waals surface area contributed by atoms with E-state index in [1.165, 1.54) is 19.3 Å². The second kappa shape index (κ2) is 6.66. The molecule has 0 radical (unpaired) electrons. The van der Waals surface area contributed by atoms with Crippen molar-refractivity contribution in [3.05, 3.63) is 41.3 Å². The number of amides is 1. The van der Waals surface area contributed by atoms with Gasteiger partial charge in [-0.2, -0.15) is 4.98 Å². The zero-order valence-electron chi connectivity index (χ0n) is 14.2. The Kier molecular flexibility index (Phi) is 4.21. The van der Waals surface area contributed by atoms with Crippen molar-refractivity contribution < 1.29 is 9.32 Å². The molecule has 0 bridgehead atoms. The lowest BCUT2D eigenvalue weighted by Crippen LogP contribution is -2.23. The van der Waals surface area contributed by atoms with E-state index >= 15 is 0 Å². The van der Waals surface area contributed by atoms with Crippen LogP contribution in [0.3, 0.4) is 0 Å². The number of carbonyl (C=O) groups is 1. The third-order valence-corrected chi connectivity index (χ3v) is 4.72. The molecule has 0 saturated heterocycles. The Bertz CT molecular complexity index is 892. The number of nitrogens with zero attached hydrogens (tertiary/aromatic N) is 3. The number of hydrogen-bond donors (Lipinski definition) is 2. The van der Waals surface area contributed by atoms with Gasteiger partial charge >= 0.3 is 0 Å². The number of hydrogen-bond acceptors (Lipinski definition) is 5. The molecule has 7 nitrogen and oxygen atoms in total. The SMILES string of the molecule is Cc1nc2ccc(C(=O)NCc3nc(C4CCCCC4)no3)cc2[nH]1. The monoisotopic (exact) mass is 339 g/mol. The summed E-state index contributed by atoms with van der Waals surface area (Å²) in [5.41, 5.74) is 2.27. The second-order valence-electron chi connectivity index (χ2n) is 6.62. The fraction of sp³-hybridized carbons (Fsp3) is 0.444. The second-order valence-corrected chi connectivity index (χ2v) is 6.62. The molecule has 0 atom stereocenters. The quantitative estimate of drug-likeness (QED) is 0.760. The summed E-state index contributed by atoms with van der Waals surface area (Å²) in [6.07, 6.45) is 5.98. The van der Waals surface area contributed by atoms with Crippen LogP contribution in [-0.2, 0) is 6.54 Å². The number of H-pyrrole nitrogens is 1. The number of aromatic amines is 1. The molecule has 130 valence electrons. The zero-order chi connectivity index (χ0) is 17.2. The van der Waals surface area contributed by atoms with Crippen molar-refractivity contribution in [1.82, 2.24) is 25.4 Å². The Labute approximate surface area is 145 Å². The summed E-state index contributed by atoms with van der Waals surface area (Å²) in [6, 6.07) is 5.40. The molecule has 4 rings (SSSR count). The Morgan fingerprint density at radius 2 is 2.12 bits per heavy atom. The number of fused-ring (bicyclic) bond motifs is 1. The predicted octanol–water partition coefficient (Wildman–Crippen LogP) is 3.23. The van der Waals surface area contributed by atoms with Gasteiger partial charge in [0.15, 0.2) is 5.82 Å². The lowest BCUT2D eigenvalue weighted by atomic mass is 9.89. The van der Waals surface area contributed by atoms with Crippen LogP contribution in [-0.4, -0.2) is 26.0 Å². The fourth-order valence-corrected chi connectivity index (χ4v) is 3.40. The molecule has 1 fully saturated rings. The van der Waals surface area contributed by atoms with E-state index in [0.29, 0.717) is 17.4 Å². The standard InChI is InChI=1S/C18H21N5O2/c1-11-20-14-8-7-13(9-15(14)21-11)18(24)19-10-16-22-17(23-25-16)12-5-3-2-4-6-12/h7-9,12H,2-6,10H2,1H3,(H,19,24)(H,20,21). The molecule has 2 N–H and O–H groups in total. The topological polar surface area (TPSA) is 96.7 Å². The Hall–Kier alpha value is -2.70. The van der Waals surface area contributed by atoms with Gasteiger partial charge in [0.2, 0.25) is 5.89 Å².